The molecule has 2 N–H and O–H groups in total. The van der Waals surface area contributed by atoms with Gasteiger partial charge in [-0.1, -0.05) is 6.92 Å². The predicted molar refractivity (Wildman–Crippen MR) is 121 cm³/mol. The molecule has 2 aromatic heterocycles. The van der Waals surface area contributed by atoms with Crippen molar-refractivity contribution in [1.29, 1.82) is 0 Å². The molecule has 8 nitrogen and oxygen atoms in total. The fourth-order valence-corrected chi connectivity index (χ4v) is 5.94. The number of amides is 2. The molecule has 4 rings (SSSR count). The van der Waals surface area contributed by atoms with Gasteiger partial charge >= 0.3 is 5.97 Å². The average molecular weight is 460 g/mol. The average Bonchev–Trinajstić information content (AvgIpc) is 3.51. The molecule has 2 amide bonds. The summed E-state index contributed by atoms with van der Waals surface area (Å²) in [4.78, 5) is 41.0. The molecule has 3 heterocycles. The molecule has 0 radical (unpaired) electrons. The van der Waals surface area contributed by atoms with Crippen LogP contribution >= 0.6 is 11.3 Å². The van der Waals surface area contributed by atoms with Crippen LogP contribution in [0.5, 0.6) is 0 Å². The molecule has 1 aliphatic heterocycles. The van der Waals surface area contributed by atoms with Gasteiger partial charge in [0.15, 0.2) is 0 Å². The minimum atomic E-state index is -0.413. The van der Waals surface area contributed by atoms with Gasteiger partial charge in [0.2, 0.25) is 11.8 Å². The van der Waals surface area contributed by atoms with Crippen molar-refractivity contribution >= 4 is 34.1 Å². The summed E-state index contributed by atoms with van der Waals surface area (Å²) in [6, 6.07) is 3.23. The first-order valence-corrected chi connectivity index (χ1v) is 11.8. The Morgan fingerprint density at radius 1 is 1.31 bits per heavy atom. The van der Waals surface area contributed by atoms with Gasteiger partial charge in [-0.25, -0.2) is 4.79 Å². The van der Waals surface area contributed by atoms with E-state index in [1.54, 1.807) is 18.4 Å². The molecule has 0 spiro atoms. The van der Waals surface area contributed by atoms with Crippen LogP contribution in [0.1, 0.15) is 52.7 Å². The standard InChI is InChI=1S/C23H29N3O5S/c1-14-7-8-16-18(11-14)32-22(20(16)23(29)30-2)25-19(27)13-26-9-3-6-17(26)21(28)24-12-15-5-4-10-31-15/h4-5,10,14,17H,3,6-9,11-13H2,1-2H3,(H,24,28)(H,25,27). The number of furan rings is 1. The zero-order chi connectivity index (χ0) is 22.7. The highest BCUT2D eigenvalue weighted by Gasteiger charge is 2.33. The highest BCUT2D eigenvalue weighted by molar-refractivity contribution is 7.17. The Kier molecular flexibility index (Phi) is 6.95. The number of fused-ring (bicyclic) bond motifs is 1. The van der Waals surface area contributed by atoms with Crippen LogP contribution in [0.4, 0.5) is 5.00 Å². The third kappa shape index (κ3) is 4.88. The van der Waals surface area contributed by atoms with Crippen molar-refractivity contribution in [2.45, 2.75) is 51.6 Å². The van der Waals surface area contributed by atoms with Crippen LogP contribution in [0.15, 0.2) is 22.8 Å². The molecule has 2 aromatic rings. The molecule has 0 aromatic carbocycles. The van der Waals surface area contributed by atoms with Crippen molar-refractivity contribution in [2.75, 3.05) is 25.5 Å². The lowest BCUT2D eigenvalue weighted by Crippen LogP contribution is -2.45. The Morgan fingerprint density at radius 3 is 2.91 bits per heavy atom. The summed E-state index contributed by atoms with van der Waals surface area (Å²) in [5, 5.41) is 6.37. The second-order valence-electron chi connectivity index (χ2n) is 8.52. The van der Waals surface area contributed by atoms with Crippen molar-refractivity contribution in [3.05, 3.63) is 40.2 Å². The summed E-state index contributed by atoms with van der Waals surface area (Å²) in [7, 11) is 1.36. The Bertz CT molecular complexity index is 984. The lowest BCUT2D eigenvalue weighted by atomic mass is 9.88. The van der Waals surface area contributed by atoms with Crippen LogP contribution in [-0.4, -0.2) is 48.9 Å². The number of anilines is 1. The lowest BCUT2D eigenvalue weighted by molar-refractivity contribution is -0.126. The number of rotatable bonds is 7. The summed E-state index contributed by atoms with van der Waals surface area (Å²) in [5.41, 5.74) is 1.49. The Morgan fingerprint density at radius 2 is 2.16 bits per heavy atom. The Balaban J connectivity index is 1.40. The Labute approximate surface area is 191 Å². The maximum atomic E-state index is 12.9. The smallest absolute Gasteiger partial charge is 0.341 e. The fourth-order valence-electron chi connectivity index (χ4n) is 4.52. The van der Waals surface area contributed by atoms with Gasteiger partial charge in [-0.2, -0.15) is 0 Å². The van der Waals surface area contributed by atoms with Crippen LogP contribution in [0.25, 0.3) is 0 Å². The number of hydrogen-bond acceptors (Lipinski definition) is 7. The number of esters is 1. The molecule has 1 fully saturated rings. The van der Waals surface area contributed by atoms with Gasteiger partial charge in [-0.05, 0) is 62.3 Å². The fraction of sp³-hybridized carbons (Fsp3) is 0.522. The van der Waals surface area contributed by atoms with Gasteiger partial charge in [0.25, 0.3) is 0 Å². The van der Waals surface area contributed by atoms with Crippen LogP contribution in [-0.2, 0) is 33.7 Å². The van der Waals surface area contributed by atoms with E-state index in [9.17, 15) is 14.4 Å². The molecule has 1 aliphatic carbocycles. The van der Waals surface area contributed by atoms with Gasteiger partial charge < -0.3 is 19.8 Å². The highest BCUT2D eigenvalue weighted by Crippen LogP contribution is 2.40. The third-order valence-electron chi connectivity index (χ3n) is 6.18. The summed E-state index contributed by atoms with van der Waals surface area (Å²) in [6.45, 7) is 3.29. The van der Waals surface area contributed by atoms with Gasteiger partial charge in [-0.3, -0.25) is 14.5 Å². The first-order chi connectivity index (χ1) is 15.5. The maximum Gasteiger partial charge on any atom is 0.341 e. The summed E-state index contributed by atoms with van der Waals surface area (Å²) < 4.78 is 10.3. The molecule has 172 valence electrons. The number of carbonyl (C=O) groups is 3. The normalized spacial score (nSPS) is 20.6. The number of likely N-dealkylation sites (tertiary alicyclic amines) is 1. The van der Waals surface area contributed by atoms with Crippen LogP contribution in [0.2, 0.25) is 0 Å². The number of nitrogens with zero attached hydrogens (tertiary/aromatic N) is 1. The molecular formula is C23H29N3O5S. The third-order valence-corrected chi connectivity index (χ3v) is 7.35. The molecule has 2 aliphatic rings. The van der Waals surface area contributed by atoms with Gasteiger partial charge in [-0.15, -0.1) is 11.3 Å². The number of methoxy groups -OCH3 is 1. The molecular weight excluding hydrogens is 430 g/mol. The zero-order valence-electron chi connectivity index (χ0n) is 18.4. The van der Waals surface area contributed by atoms with Crippen LogP contribution in [0.3, 0.4) is 0 Å². The second-order valence-corrected chi connectivity index (χ2v) is 9.63. The van der Waals surface area contributed by atoms with Crippen molar-refractivity contribution in [1.82, 2.24) is 10.2 Å². The van der Waals surface area contributed by atoms with Crippen molar-refractivity contribution in [3.63, 3.8) is 0 Å². The summed E-state index contributed by atoms with van der Waals surface area (Å²) in [5.74, 6) is 0.492. The van der Waals surface area contributed by atoms with E-state index in [1.807, 2.05) is 4.90 Å². The topological polar surface area (TPSA) is 101 Å². The maximum absolute atomic E-state index is 12.9. The summed E-state index contributed by atoms with van der Waals surface area (Å²) in [6.07, 6.45) is 5.87. The zero-order valence-corrected chi connectivity index (χ0v) is 19.3. The van der Waals surface area contributed by atoms with Gasteiger partial charge in [0.05, 0.1) is 38.1 Å². The van der Waals surface area contributed by atoms with E-state index in [4.69, 9.17) is 9.15 Å². The molecule has 1 saturated heterocycles. The van der Waals surface area contributed by atoms with E-state index < -0.39 is 5.97 Å². The number of ether oxygens (including phenoxy) is 1. The number of thiophene rings is 1. The number of nitrogens with one attached hydrogen (secondary N) is 2. The minimum absolute atomic E-state index is 0.0957. The Hall–Kier alpha value is -2.65. The monoisotopic (exact) mass is 459 g/mol. The van der Waals surface area contributed by atoms with Crippen molar-refractivity contribution in [3.8, 4) is 0 Å². The van der Waals surface area contributed by atoms with Gasteiger partial charge in [0, 0.05) is 4.88 Å². The van der Waals surface area contributed by atoms with E-state index in [2.05, 4.69) is 17.6 Å². The van der Waals surface area contributed by atoms with E-state index in [0.29, 0.717) is 41.8 Å². The minimum Gasteiger partial charge on any atom is -0.467 e. The van der Waals surface area contributed by atoms with E-state index in [1.165, 1.54) is 18.4 Å². The lowest BCUT2D eigenvalue weighted by Gasteiger charge is -2.22. The first-order valence-electron chi connectivity index (χ1n) is 11.0. The molecule has 2 unspecified atom stereocenters. The van der Waals surface area contributed by atoms with Crippen LogP contribution < -0.4 is 10.6 Å². The molecule has 9 heteroatoms. The molecule has 0 saturated carbocycles. The molecule has 2 atom stereocenters. The quantitative estimate of drug-likeness (QED) is 0.618. The molecule has 0 bridgehead atoms. The van der Waals surface area contributed by atoms with E-state index in [-0.39, 0.29) is 24.4 Å². The number of hydrogen-bond donors (Lipinski definition) is 2. The predicted octanol–water partition coefficient (Wildman–Crippen LogP) is 2.97. The largest absolute Gasteiger partial charge is 0.467 e. The highest BCUT2D eigenvalue weighted by atomic mass is 32.1. The number of carbonyl (C=O) groups excluding carboxylic acids is 3. The SMILES string of the molecule is COC(=O)c1c(NC(=O)CN2CCCC2C(=O)NCc2ccco2)sc2c1CCC(C)C2. The first kappa shape index (κ1) is 22.5. The van der Waals surface area contributed by atoms with E-state index >= 15 is 0 Å². The van der Waals surface area contributed by atoms with Crippen molar-refractivity contribution < 1.29 is 23.5 Å². The van der Waals surface area contributed by atoms with E-state index in [0.717, 1.165) is 36.1 Å². The molecule has 32 heavy (non-hydrogen) atoms. The second kappa shape index (κ2) is 9.87. The van der Waals surface area contributed by atoms with Gasteiger partial charge in [0.1, 0.15) is 10.8 Å². The summed E-state index contributed by atoms with van der Waals surface area (Å²) >= 11 is 1.47. The van der Waals surface area contributed by atoms with Crippen molar-refractivity contribution in [2.24, 2.45) is 5.92 Å². The van der Waals surface area contributed by atoms with Crippen LogP contribution in [0, 0.1) is 5.92 Å².